The topological polar surface area (TPSA) is 15.3 Å². The van der Waals surface area contributed by atoms with Gasteiger partial charge in [-0.15, -0.1) is 0 Å². The minimum Gasteiger partial charge on any atom is -0.310 e. The summed E-state index contributed by atoms with van der Waals surface area (Å²) in [4.78, 5) is 2.68. The average Bonchev–Trinajstić information content (AvgIpc) is 2.23. The molecule has 2 rings (SSSR count). The van der Waals surface area contributed by atoms with Gasteiger partial charge in [0.25, 0.3) is 0 Å². The Kier molecular flexibility index (Phi) is 3.09. The molecule has 2 heteroatoms. The van der Waals surface area contributed by atoms with Gasteiger partial charge in [0.2, 0.25) is 0 Å². The first-order valence-electron chi connectivity index (χ1n) is 6.47. The fourth-order valence-electron chi connectivity index (χ4n) is 3.04. The number of hydrogen-bond donors (Lipinski definition) is 1. The van der Waals surface area contributed by atoms with Gasteiger partial charge in [0, 0.05) is 18.6 Å². The van der Waals surface area contributed by atoms with Crippen LogP contribution in [-0.2, 0) is 0 Å². The third kappa shape index (κ3) is 2.94. The lowest BCUT2D eigenvalue weighted by Gasteiger charge is -2.43. The number of nitrogens with zero attached hydrogens (tertiary/aromatic N) is 1. The van der Waals surface area contributed by atoms with Gasteiger partial charge in [-0.1, -0.05) is 13.3 Å². The summed E-state index contributed by atoms with van der Waals surface area (Å²) in [6, 6.07) is 0. The van der Waals surface area contributed by atoms with Crippen LogP contribution < -0.4 is 5.32 Å². The van der Waals surface area contributed by atoms with E-state index in [1.807, 2.05) is 0 Å². The van der Waals surface area contributed by atoms with Crippen LogP contribution in [0.3, 0.4) is 0 Å². The Morgan fingerprint density at radius 1 is 1.13 bits per heavy atom. The summed E-state index contributed by atoms with van der Waals surface area (Å²) in [5.74, 6) is 0. The molecule has 15 heavy (non-hydrogen) atoms. The lowest BCUT2D eigenvalue weighted by Crippen LogP contribution is -2.49. The molecule has 88 valence electrons. The van der Waals surface area contributed by atoms with E-state index in [1.54, 1.807) is 0 Å². The molecule has 0 unspecified atom stereocenters. The van der Waals surface area contributed by atoms with Crippen molar-refractivity contribution in [2.75, 3.05) is 26.2 Å². The lowest BCUT2D eigenvalue weighted by molar-refractivity contribution is 0.0777. The second-order valence-corrected chi connectivity index (χ2v) is 6.54. The third-order valence-corrected chi connectivity index (χ3v) is 4.04. The smallest absolute Gasteiger partial charge is 0.0252 e. The summed E-state index contributed by atoms with van der Waals surface area (Å²) in [5.41, 5.74) is 0.941. The fraction of sp³-hybridized carbons (Fsp3) is 1.00. The minimum absolute atomic E-state index is 0.302. The van der Waals surface area contributed by atoms with Gasteiger partial charge in [-0.3, -0.25) is 0 Å². The van der Waals surface area contributed by atoms with Gasteiger partial charge in [-0.2, -0.15) is 0 Å². The highest BCUT2D eigenvalue weighted by atomic mass is 15.2. The van der Waals surface area contributed by atoms with E-state index in [9.17, 15) is 0 Å². The molecule has 0 atom stereocenters. The van der Waals surface area contributed by atoms with Crippen LogP contribution in [0.5, 0.6) is 0 Å². The van der Waals surface area contributed by atoms with Crippen molar-refractivity contribution in [3.8, 4) is 0 Å². The van der Waals surface area contributed by atoms with E-state index in [0.29, 0.717) is 11.0 Å². The first kappa shape index (κ1) is 11.4. The first-order valence-corrected chi connectivity index (χ1v) is 6.47. The van der Waals surface area contributed by atoms with Gasteiger partial charge in [-0.05, 0) is 51.6 Å². The van der Waals surface area contributed by atoms with Gasteiger partial charge in [0.15, 0.2) is 0 Å². The van der Waals surface area contributed by atoms with Crippen molar-refractivity contribution < 1.29 is 0 Å². The van der Waals surface area contributed by atoms with Crippen LogP contribution >= 0.6 is 0 Å². The Labute approximate surface area is 94.4 Å². The van der Waals surface area contributed by atoms with E-state index < -0.39 is 0 Å². The zero-order chi connectivity index (χ0) is 10.9. The normalized spacial score (nSPS) is 30.6. The zero-order valence-corrected chi connectivity index (χ0v) is 10.6. The monoisotopic (exact) mass is 210 g/mol. The number of nitrogens with one attached hydrogen (secondary N) is 1. The third-order valence-electron chi connectivity index (χ3n) is 4.04. The van der Waals surface area contributed by atoms with E-state index in [0.717, 1.165) is 0 Å². The van der Waals surface area contributed by atoms with Crippen LogP contribution in [-0.4, -0.2) is 36.6 Å². The molecule has 0 radical (unpaired) electrons. The highest BCUT2D eigenvalue weighted by Gasteiger charge is 2.35. The maximum absolute atomic E-state index is 3.63. The zero-order valence-electron chi connectivity index (χ0n) is 10.6. The fourth-order valence-corrected chi connectivity index (χ4v) is 3.04. The molecule has 2 fully saturated rings. The largest absolute Gasteiger partial charge is 0.310 e. The van der Waals surface area contributed by atoms with E-state index in [1.165, 1.54) is 51.9 Å². The Morgan fingerprint density at radius 3 is 2.47 bits per heavy atom. The molecular formula is C13H26N2. The van der Waals surface area contributed by atoms with Crippen molar-refractivity contribution in [1.82, 2.24) is 10.2 Å². The first-order chi connectivity index (χ1) is 6.99. The molecule has 2 nitrogen and oxygen atoms in total. The number of rotatable bonds is 2. The van der Waals surface area contributed by atoms with Gasteiger partial charge in [-0.25, -0.2) is 0 Å². The molecule has 0 spiro atoms. The standard InChI is InChI=1S/C13H26N2/c1-12(2)10-15(9-5-8-14-12)11-13(3)6-4-7-13/h14H,4-11H2,1-3H3. The summed E-state index contributed by atoms with van der Waals surface area (Å²) >= 11 is 0. The van der Waals surface area contributed by atoms with Gasteiger partial charge in [0.05, 0.1) is 0 Å². The SMILES string of the molecule is CC1(CN2CCCNC(C)(C)C2)CCC1. The molecule has 0 aromatic rings. The van der Waals surface area contributed by atoms with E-state index in [-0.39, 0.29) is 0 Å². The highest BCUT2D eigenvalue weighted by Crippen LogP contribution is 2.41. The minimum atomic E-state index is 0.302. The summed E-state index contributed by atoms with van der Waals surface area (Å²) < 4.78 is 0. The summed E-state index contributed by atoms with van der Waals surface area (Å²) in [5, 5.41) is 3.63. The molecule has 0 aromatic heterocycles. The highest BCUT2D eigenvalue weighted by molar-refractivity contribution is 4.91. The molecule has 1 aliphatic carbocycles. The van der Waals surface area contributed by atoms with Crippen molar-refractivity contribution in [3.63, 3.8) is 0 Å². The summed E-state index contributed by atoms with van der Waals surface area (Å²) in [6.07, 6.45) is 5.64. The average molecular weight is 210 g/mol. The van der Waals surface area contributed by atoms with Gasteiger partial charge < -0.3 is 10.2 Å². The maximum Gasteiger partial charge on any atom is 0.0252 e. The molecule has 0 bridgehead atoms. The molecule has 2 aliphatic rings. The molecular weight excluding hydrogens is 184 g/mol. The second kappa shape index (κ2) is 4.06. The maximum atomic E-state index is 3.63. The Bertz CT molecular complexity index is 219. The molecule has 0 aromatic carbocycles. The molecule has 1 N–H and O–H groups in total. The van der Waals surface area contributed by atoms with Crippen molar-refractivity contribution in [2.45, 2.75) is 52.0 Å². The van der Waals surface area contributed by atoms with Crippen LogP contribution in [0.15, 0.2) is 0 Å². The second-order valence-electron chi connectivity index (χ2n) is 6.54. The molecule has 1 saturated carbocycles. The van der Waals surface area contributed by atoms with E-state index >= 15 is 0 Å². The molecule has 0 amide bonds. The molecule has 1 saturated heterocycles. The summed E-state index contributed by atoms with van der Waals surface area (Å²) in [7, 11) is 0. The quantitative estimate of drug-likeness (QED) is 0.752. The van der Waals surface area contributed by atoms with Crippen molar-refractivity contribution >= 4 is 0 Å². The predicted molar refractivity (Wildman–Crippen MR) is 65.1 cm³/mol. The van der Waals surface area contributed by atoms with Crippen molar-refractivity contribution in [3.05, 3.63) is 0 Å². The van der Waals surface area contributed by atoms with E-state index in [2.05, 4.69) is 31.0 Å². The van der Waals surface area contributed by atoms with Crippen LogP contribution in [0.2, 0.25) is 0 Å². The van der Waals surface area contributed by atoms with Crippen molar-refractivity contribution in [1.29, 1.82) is 0 Å². The predicted octanol–water partition coefficient (Wildman–Crippen LogP) is 2.25. The van der Waals surface area contributed by atoms with Crippen LogP contribution in [0.1, 0.15) is 46.5 Å². The van der Waals surface area contributed by atoms with Crippen LogP contribution in [0.4, 0.5) is 0 Å². The van der Waals surface area contributed by atoms with Crippen molar-refractivity contribution in [2.24, 2.45) is 5.41 Å². The molecule has 1 heterocycles. The Morgan fingerprint density at radius 2 is 1.87 bits per heavy atom. The Balaban J connectivity index is 1.90. The van der Waals surface area contributed by atoms with Crippen LogP contribution in [0.25, 0.3) is 0 Å². The Hall–Kier alpha value is -0.0800. The lowest BCUT2D eigenvalue weighted by atomic mass is 9.70. The summed E-state index contributed by atoms with van der Waals surface area (Å²) in [6.45, 7) is 12.1. The van der Waals surface area contributed by atoms with Gasteiger partial charge >= 0.3 is 0 Å². The van der Waals surface area contributed by atoms with Gasteiger partial charge in [0.1, 0.15) is 0 Å². The van der Waals surface area contributed by atoms with Crippen LogP contribution in [0, 0.1) is 5.41 Å². The molecule has 1 aliphatic heterocycles. The number of hydrogen-bond acceptors (Lipinski definition) is 2. The van der Waals surface area contributed by atoms with E-state index in [4.69, 9.17) is 0 Å².